The van der Waals surface area contributed by atoms with Crippen LogP contribution in [0.4, 0.5) is 5.69 Å². The van der Waals surface area contributed by atoms with Crippen LogP contribution in [-0.4, -0.2) is 34.0 Å². The molecule has 0 amide bonds. The molecule has 0 aliphatic carbocycles. The molecule has 94 valence electrons. The third kappa shape index (κ3) is 3.67. The standard InChI is InChI=1S/C11H17N3O3/c1-3-12(4-2)7-8-13-9-10(14(16)17)5-6-11(13)15/h5-6,9H,3-4,7-8H2,1-2H3. The van der Waals surface area contributed by atoms with E-state index in [1.807, 2.05) is 13.8 Å². The molecule has 0 fully saturated rings. The zero-order valence-electron chi connectivity index (χ0n) is 10.1. The van der Waals surface area contributed by atoms with E-state index in [-0.39, 0.29) is 11.2 Å². The Morgan fingerprint density at radius 3 is 2.53 bits per heavy atom. The summed E-state index contributed by atoms with van der Waals surface area (Å²) < 4.78 is 1.39. The summed E-state index contributed by atoms with van der Waals surface area (Å²) in [5.74, 6) is 0. The van der Waals surface area contributed by atoms with E-state index in [0.29, 0.717) is 13.1 Å². The van der Waals surface area contributed by atoms with Crippen molar-refractivity contribution in [3.63, 3.8) is 0 Å². The summed E-state index contributed by atoms with van der Waals surface area (Å²) in [6, 6.07) is 2.47. The van der Waals surface area contributed by atoms with Gasteiger partial charge in [-0.05, 0) is 13.1 Å². The van der Waals surface area contributed by atoms with Crippen molar-refractivity contribution < 1.29 is 4.92 Å². The second-order valence-electron chi connectivity index (χ2n) is 3.70. The SMILES string of the molecule is CCN(CC)CCn1cc([N+](=O)[O-])ccc1=O. The summed E-state index contributed by atoms with van der Waals surface area (Å²) in [6.45, 7) is 7.08. The summed E-state index contributed by atoms with van der Waals surface area (Å²) in [6.07, 6.45) is 1.30. The highest BCUT2D eigenvalue weighted by Gasteiger charge is 2.08. The van der Waals surface area contributed by atoms with Gasteiger partial charge in [-0.25, -0.2) is 0 Å². The molecule has 6 nitrogen and oxygen atoms in total. The quantitative estimate of drug-likeness (QED) is 0.550. The van der Waals surface area contributed by atoms with Gasteiger partial charge in [-0.3, -0.25) is 14.9 Å². The van der Waals surface area contributed by atoms with Gasteiger partial charge < -0.3 is 9.47 Å². The molecule has 0 N–H and O–H groups in total. The molecular weight excluding hydrogens is 222 g/mol. The lowest BCUT2D eigenvalue weighted by atomic mass is 10.4. The molecule has 0 spiro atoms. The third-order valence-corrected chi connectivity index (χ3v) is 2.73. The summed E-state index contributed by atoms with van der Waals surface area (Å²) in [5.41, 5.74) is -0.257. The minimum Gasteiger partial charge on any atom is -0.308 e. The number of pyridine rings is 1. The molecule has 0 unspecified atom stereocenters. The van der Waals surface area contributed by atoms with Crippen molar-refractivity contribution in [2.24, 2.45) is 0 Å². The van der Waals surface area contributed by atoms with Gasteiger partial charge in [-0.2, -0.15) is 0 Å². The Bertz CT molecular complexity index is 438. The van der Waals surface area contributed by atoms with Gasteiger partial charge in [-0.15, -0.1) is 0 Å². The van der Waals surface area contributed by atoms with Crippen molar-refractivity contribution in [1.82, 2.24) is 9.47 Å². The number of aromatic nitrogens is 1. The molecule has 0 aliphatic rings. The van der Waals surface area contributed by atoms with E-state index in [9.17, 15) is 14.9 Å². The van der Waals surface area contributed by atoms with Gasteiger partial charge in [-0.1, -0.05) is 13.8 Å². The Kier molecular flexibility index (Phi) is 4.84. The van der Waals surface area contributed by atoms with Crippen molar-refractivity contribution in [3.8, 4) is 0 Å². The predicted octanol–water partition coefficient (Wildman–Crippen LogP) is 1.10. The second-order valence-corrected chi connectivity index (χ2v) is 3.70. The van der Waals surface area contributed by atoms with Crippen LogP contribution in [0, 0.1) is 10.1 Å². The van der Waals surface area contributed by atoms with Crippen LogP contribution in [0.3, 0.4) is 0 Å². The van der Waals surface area contributed by atoms with E-state index in [2.05, 4.69) is 4.90 Å². The zero-order chi connectivity index (χ0) is 12.8. The molecule has 6 heteroatoms. The summed E-state index contributed by atoms with van der Waals surface area (Å²) >= 11 is 0. The van der Waals surface area contributed by atoms with Crippen LogP contribution in [0.1, 0.15) is 13.8 Å². The highest BCUT2D eigenvalue weighted by atomic mass is 16.6. The van der Waals surface area contributed by atoms with Gasteiger partial charge in [0.15, 0.2) is 0 Å². The molecule has 1 heterocycles. The van der Waals surface area contributed by atoms with Crippen LogP contribution in [0.25, 0.3) is 0 Å². The van der Waals surface area contributed by atoms with Crippen LogP contribution in [0.5, 0.6) is 0 Å². The van der Waals surface area contributed by atoms with Crippen LogP contribution < -0.4 is 5.56 Å². The van der Waals surface area contributed by atoms with Crippen molar-refractivity contribution in [2.75, 3.05) is 19.6 Å². The Hall–Kier alpha value is -1.69. The average molecular weight is 239 g/mol. The minimum atomic E-state index is -0.493. The third-order valence-electron chi connectivity index (χ3n) is 2.73. The normalized spacial score (nSPS) is 10.8. The second kappa shape index (κ2) is 6.15. The largest absolute Gasteiger partial charge is 0.308 e. The maximum absolute atomic E-state index is 11.5. The van der Waals surface area contributed by atoms with Gasteiger partial charge in [0.05, 0.1) is 11.1 Å². The molecule has 0 aliphatic heterocycles. The lowest BCUT2D eigenvalue weighted by Crippen LogP contribution is -2.30. The molecule has 0 radical (unpaired) electrons. The van der Waals surface area contributed by atoms with Crippen molar-refractivity contribution in [2.45, 2.75) is 20.4 Å². The fourth-order valence-corrected chi connectivity index (χ4v) is 1.59. The molecule has 1 rings (SSSR count). The molecule has 0 saturated carbocycles. The van der Waals surface area contributed by atoms with Gasteiger partial charge in [0.1, 0.15) is 0 Å². The van der Waals surface area contributed by atoms with Crippen LogP contribution in [-0.2, 0) is 6.54 Å². The van der Waals surface area contributed by atoms with Crippen molar-refractivity contribution in [3.05, 3.63) is 38.8 Å². The van der Waals surface area contributed by atoms with Crippen molar-refractivity contribution in [1.29, 1.82) is 0 Å². The number of nitro groups is 1. The fourth-order valence-electron chi connectivity index (χ4n) is 1.59. The lowest BCUT2D eigenvalue weighted by Gasteiger charge is -2.18. The number of hydrogen-bond donors (Lipinski definition) is 0. The first-order valence-electron chi connectivity index (χ1n) is 5.65. The van der Waals surface area contributed by atoms with Crippen LogP contribution in [0.2, 0.25) is 0 Å². The Morgan fingerprint density at radius 1 is 1.35 bits per heavy atom. The monoisotopic (exact) mass is 239 g/mol. The summed E-state index contributed by atoms with van der Waals surface area (Å²) in [7, 11) is 0. The van der Waals surface area contributed by atoms with E-state index in [1.54, 1.807) is 0 Å². The molecular formula is C11H17N3O3. The molecule has 0 saturated heterocycles. The number of hydrogen-bond acceptors (Lipinski definition) is 4. The summed E-state index contributed by atoms with van der Waals surface area (Å²) in [4.78, 5) is 23.8. The molecule has 1 aromatic rings. The maximum atomic E-state index is 11.5. The van der Waals surface area contributed by atoms with Crippen molar-refractivity contribution >= 4 is 5.69 Å². The van der Waals surface area contributed by atoms with Gasteiger partial charge in [0.25, 0.3) is 11.2 Å². The Labute approximate surface area is 99.6 Å². The topological polar surface area (TPSA) is 68.4 Å². The maximum Gasteiger partial charge on any atom is 0.285 e. The van der Waals surface area contributed by atoms with E-state index in [4.69, 9.17) is 0 Å². The van der Waals surface area contributed by atoms with Gasteiger partial charge in [0.2, 0.25) is 0 Å². The van der Waals surface area contributed by atoms with Crippen LogP contribution >= 0.6 is 0 Å². The molecule has 0 aromatic carbocycles. The Morgan fingerprint density at radius 2 is 2.00 bits per heavy atom. The van der Waals surface area contributed by atoms with E-state index in [0.717, 1.165) is 13.1 Å². The smallest absolute Gasteiger partial charge is 0.285 e. The van der Waals surface area contributed by atoms with E-state index in [1.165, 1.54) is 22.9 Å². The average Bonchev–Trinajstić information content (AvgIpc) is 2.32. The highest BCUT2D eigenvalue weighted by molar-refractivity contribution is 5.24. The van der Waals surface area contributed by atoms with Crippen LogP contribution in [0.15, 0.2) is 23.1 Å². The summed E-state index contributed by atoms with van der Waals surface area (Å²) in [5, 5.41) is 10.6. The number of nitrogens with zero attached hydrogens (tertiary/aromatic N) is 3. The number of rotatable bonds is 6. The fraction of sp³-hybridized carbons (Fsp3) is 0.545. The first kappa shape index (κ1) is 13.4. The highest BCUT2D eigenvalue weighted by Crippen LogP contribution is 2.06. The lowest BCUT2D eigenvalue weighted by molar-refractivity contribution is -0.385. The molecule has 17 heavy (non-hydrogen) atoms. The molecule has 0 bridgehead atoms. The minimum absolute atomic E-state index is 0.0517. The zero-order valence-corrected chi connectivity index (χ0v) is 10.1. The first-order valence-corrected chi connectivity index (χ1v) is 5.65. The Balaban J connectivity index is 2.79. The first-order chi connectivity index (χ1) is 8.08. The molecule has 1 aromatic heterocycles. The van der Waals surface area contributed by atoms with Gasteiger partial charge in [0, 0.05) is 25.2 Å². The van der Waals surface area contributed by atoms with E-state index >= 15 is 0 Å². The van der Waals surface area contributed by atoms with Gasteiger partial charge >= 0.3 is 0 Å². The van der Waals surface area contributed by atoms with E-state index < -0.39 is 4.92 Å². The molecule has 0 atom stereocenters. The predicted molar refractivity (Wildman–Crippen MR) is 65.1 cm³/mol. The number of likely N-dealkylation sites (N-methyl/N-ethyl adjacent to an activating group) is 1.